The van der Waals surface area contributed by atoms with E-state index >= 15 is 0 Å². The van der Waals surface area contributed by atoms with Gasteiger partial charge in [-0.3, -0.25) is 0 Å². The maximum absolute atomic E-state index is 4.98. The van der Waals surface area contributed by atoms with Gasteiger partial charge in [-0.25, -0.2) is 0 Å². The smallest absolute Gasteiger partial charge is 1.00 e. The van der Waals surface area contributed by atoms with Crippen molar-refractivity contribution in [3.8, 4) is 11.1 Å². The molecule has 0 saturated heterocycles. The van der Waals surface area contributed by atoms with Gasteiger partial charge in [-0.15, -0.1) is 0 Å². The molecular weight excluding hydrogens is 571 g/mol. The molecule has 3 heteroatoms. The van der Waals surface area contributed by atoms with Crippen molar-refractivity contribution in [2.75, 3.05) is 0 Å². The van der Waals surface area contributed by atoms with Crippen LogP contribution in [0.15, 0.2) is 54.1 Å². The molecule has 0 spiro atoms. The summed E-state index contributed by atoms with van der Waals surface area (Å²) >= 11 is -2.22. The molecule has 0 bridgehead atoms. The molecule has 0 aliphatic heterocycles. The third-order valence-corrected chi connectivity index (χ3v) is 17.1. The fourth-order valence-electron chi connectivity index (χ4n) is 7.79. The van der Waals surface area contributed by atoms with Crippen LogP contribution in [-0.4, -0.2) is 4.21 Å². The number of hydrogen-bond acceptors (Lipinski definition) is 0. The molecule has 0 aromatic heterocycles. The van der Waals surface area contributed by atoms with E-state index in [9.17, 15) is 0 Å². The zero-order valence-corrected chi connectivity index (χ0v) is 27.7. The average Bonchev–Trinajstić information content (AvgIpc) is 3.38. The molecule has 0 saturated carbocycles. The van der Waals surface area contributed by atoms with E-state index in [1.165, 1.54) is 66.8 Å². The predicted octanol–water partition coefficient (Wildman–Crippen LogP) is 2.90. The van der Waals surface area contributed by atoms with Crippen LogP contribution >= 0.6 is 0 Å². The number of benzene rings is 2. The summed E-state index contributed by atoms with van der Waals surface area (Å²) in [4.78, 5) is 0. The van der Waals surface area contributed by atoms with E-state index in [0.717, 1.165) is 6.42 Å². The van der Waals surface area contributed by atoms with E-state index in [-0.39, 0.29) is 35.6 Å². The molecule has 6 rings (SSSR count). The molecule has 192 valence electrons. The quantitative estimate of drug-likeness (QED) is 0.420. The van der Waals surface area contributed by atoms with Crippen molar-refractivity contribution in [3.63, 3.8) is 0 Å². The molecule has 2 aromatic carbocycles. The number of allylic oxidation sites excluding steroid dienone is 8. The molecule has 2 aromatic rings. The summed E-state index contributed by atoms with van der Waals surface area (Å²) in [5, 5.41) is 0. The van der Waals surface area contributed by atoms with E-state index in [0.29, 0.717) is 5.92 Å². The Labute approximate surface area is 244 Å². The first-order valence-electron chi connectivity index (χ1n) is 13.2. The summed E-state index contributed by atoms with van der Waals surface area (Å²) in [7, 11) is 0. The van der Waals surface area contributed by atoms with Crippen molar-refractivity contribution in [1.82, 2.24) is 0 Å². The number of fused-ring (bicyclic) bond motifs is 5. The van der Waals surface area contributed by atoms with Crippen molar-refractivity contribution in [2.24, 2.45) is 5.92 Å². The first-order chi connectivity index (χ1) is 16.3. The zero-order valence-electron chi connectivity index (χ0n) is 23.7. The first-order valence-corrected chi connectivity index (χ1v) is 17.4. The van der Waals surface area contributed by atoms with Crippen LogP contribution in [0.4, 0.5) is 0 Å². The fraction of sp³-hybridized carbons (Fsp3) is 0.382. The summed E-state index contributed by atoms with van der Waals surface area (Å²) < 4.78 is 8.40. The normalized spacial score (nSPS) is 21.2. The van der Waals surface area contributed by atoms with Gasteiger partial charge in [-0.05, 0) is 0 Å². The summed E-state index contributed by atoms with van der Waals surface area (Å²) in [6, 6.07) is 10.1. The van der Waals surface area contributed by atoms with E-state index in [4.69, 9.17) is 4.21 Å². The maximum atomic E-state index is 4.98. The van der Waals surface area contributed by atoms with Gasteiger partial charge in [0, 0.05) is 0 Å². The van der Waals surface area contributed by atoms with Crippen LogP contribution in [0.25, 0.3) is 22.3 Å². The van der Waals surface area contributed by atoms with Crippen LogP contribution in [0.2, 0.25) is 0 Å². The SMILES string of the molecule is [CH2]=[Zr+2]([C]1=C(C)C(C)=CC1C)[C]1=C(C)c2cc3c(cc2C1(C)C)Cc1cc2c(cc1-3)C(C)=CC2(C)C.[Cl-].[Cl-]. The largest absolute Gasteiger partial charge is 1.00 e. The van der Waals surface area contributed by atoms with Crippen LogP contribution in [-0.2, 0) is 38.5 Å². The van der Waals surface area contributed by atoms with Crippen LogP contribution in [0.3, 0.4) is 0 Å². The monoisotopic (exact) mass is 606 g/mol. The van der Waals surface area contributed by atoms with Gasteiger partial charge in [0.1, 0.15) is 0 Å². The molecule has 37 heavy (non-hydrogen) atoms. The number of rotatable bonds is 2. The second kappa shape index (κ2) is 9.15. The summed E-state index contributed by atoms with van der Waals surface area (Å²) in [6.07, 6.45) is 5.96. The summed E-state index contributed by atoms with van der Waals surface area (Å²) in [6.45, 7) is 21.3. The zero-order chi connectivity index (χ0) is 25.2. The Balaban J connectivity index is 0.00000160. The van der Waals surface area contributed by atoms with Crippen molar-refractivity contribution in [1.29, 1.82) is 0 Å². The Morgan fingerprint density at radius 1 is 0.757 bits per heavy atom. The number of halogens is 2. The third kappa shape index (κ3) is 3.90. The van der Waals surface area contributed by atoms with Gasteiger partial charge in [0.25, 0.3) is 0 Å². The molecule has 0 radical (unpaired) electrons. The Morgan fingerprint density at radius 3 is 1.89 bits per heavy atom. The summed E-state index contributed by atoms with van der Waals surface area (Å²) in [5.41, 5.74) is 18.1. The Hall–Kier alpha value is -1.27. The summed E-state index contributed by atoms with van der Waals surface area (Å²) in [5.74, 6) is 0.557. The van der Waals surface area contributed by atoms with Gasteiger partial charge in [-0.1, -0.05) is 0 Å². The van der Waals surface area contributed by atoms with Crippen LogP contribution < -0.4 is 24.8 Å². The molecular formula is C34H38Cl2Zr. The minimum absolute atomic E-state index is 0. The van der Waals surface area contributed by atoms with E-state index in [1.807, 2.05) is 0 Å². The average molecular weight is 609 g/mol. The Kier molecular flexibility index (Phi) is 7.10. The van der Waals surface area contributed by atoms with Crippen LogP contribution in [0.1, 0.15) is 95.7 Å². The second-order valence-corrected chi connectivity index (χ2v) is 17.5. The van der Waals surface area contributed by atoms with Gasteiger partial charge in [0.05, 0.1) is 0 Å². The molecule has 0 N–H and O–H groups in total. The van der Waals surface area contributed by atoms with E-state index in [1.54, 1.807) is 6.56 Å². The van der Waals surface area contributed by atoms with E-state index in [2.05, 4.69) is 98.7 Å². The third-order valence-electron chi connectivity index (χ3n) is 9.51. The standard InChI is InChI=1S/C25H25.C8H11.CH2.2ClH.Zr/c1-14-12-24(3,4)22-8-16-7-17-9-23-19(15(2)13-25(23,5)6)11-21(17)20(16)10-18(14)22;1-6-4-7(2)8(3)5-6;;;;/h8-12H,7H2,1-6H3;4,6H,1-3H3;1H2;2*1H;/q;;;;;+2/p-2. The van der Waals surface area contributed by atoms with Crippen molar-refractivity contribution in [2.45, 2.75) is 79.6 Å². The molecule has 0 fully saturated rings. The molecule has 1 atom stereocenters. The minimum Gasteiger partial charge on any atom is -1.00 e. The first kappa shape index (κ1) is 28.7. The van der Waals surface area contributed by atoms with Gasteiger partial charge in [-0.2, -0.15) is 0 Å². The molecule has 1 unspecified atom stereocenters. The van der Waals surface area contributed by atoms with Crippen LogP contribution in [0, 0.1) is 5.92 Å². The molecule has 4 aliphatic rings. The second-order valence-electron chi connectivity index (χ2n) is 12.6. The van der Waals surface area contributed by atoms with Gasteiger partial charge in [0.15, 0.2) is 0 Å². The molecule has 4 aliphatic carbocycles. The Morgan fingerprint density at radius 2 is 1.32 bits per heavy atom. The topological polar surface area (TPSA) is 0 Å². The van der Waals surface area contributed by atoms with Crippen molar-refractivity contribution >= 4 is 15.4 Å². The van der Waals surface area contributed by atoms with Gasteiger partial charge >= 0.3 is 221 Å². The minimum atomic E-state index is -2.22. The van der Waals surface area contributed by atoms with Gasteiger partial charge < -0.3 is 24.8 Å². The van der Waals surface area contributed by atoms with Crippen LogP contribution in [0.5, 0.6) is 0 Å². The van der Waals surface area contributed by atoms with E-state index < -0.39 is 21.3 Å². The fourth-order valence-corrected chi connectivity index (χ4v) is 15.2. The Bertz CT molecular complexity index is 1520. The molecule has 0 heterocycles. The van der Waals surface area contributed by atoms with Gasteiger partial charge in [0.2, 0.25) is 0 Å². The molecule has 0 nitrogen and oxygen atoms in total. The maximum Gasteiger partial charge on any atom is -1.00 e. The van der Waals surface area contributed by atoms with Crippen molar-refractivity contribution < 1.29 is 46.1 Å². The predicted molar refractivity (Wildman–Crippen MR) is 150 cm³/mol. The number of hydrogen-bond donors (Lipinski definition) is 0. The molecule has 0 amide bonds. The van der Waals surface area contributed by atoms with Crippen molar-refractivity contribution in [3.05, 3.63) is 87.5 Å².